The number of aliphatic hydroxyl groups is 1. The highest BCUT2D eigenvalue weighted by Crippen LogP contribution is 2.29. The molecule has 110 valence electrons. The summed E-state index contributed by atoms with van der Waals surface area (Å²) < 4.78 is 5.48. The molecule has 0 radical (unpaired) electrons. The molecule has 1 N–H and O–H groups in total. The van der Waals surface area contributed by atoms with Crippen LogP contribution in [0.15, 0.2) is 12.3 Å². The zero-order valence-electron chi connectivity index (χ0n) is 11.5. The third-order valence-electron chi connectivity index (χ3n) is 3.37. The SMILES string of the molecule is Cc1cnc(N2CCC(OCCO)CC2)c([N+](=O)[O-])c1. The molecule has 0 spiro atoms. The first kappa shape index (κ1) is 14.7. The van der Waals surface area contributed by atoms with Gasteiger partial charge in [-0.15, -0.1) is 0 Å². The van der Waals surface area contributed by atoms with Gasteiger partial charge in [0.1, 0.15) is 0 Å². The Kier molecular flexibility index (Phi) is 4.86. The van der Waals surface area contributed by atoms with E-state index in [1.165, 1.54) is 0 Å². The molecule has 0 unspecified atom stereocenters. The fraction of sp³-hybridized carbons (Fsp3) is 0.615. The highest BCUT2D eigenvalue weighted by molar-refractivity contribution is 5.58. The van der Waals surface area contributed by atoms with Gasteiger partial charge < -0.3 is 14.7 Å². The van der Waals surface area contributed by atoms with Crippen molar-refractivity contribution in [2.24, 2.45) is 0 Å². The number of anilines is 1. The summed E-state index contributed by atoms with van der Waals surface area (Å²) in [5.74, 6) is 0.432. The standard InChI is InChI=1S/C13H19N3O4/c1-10-8-12(16(18)19)13(14-9-10)15-4-2-11(3-5-15)20-7-6-17/h8-9,11,17H,2-7H2,1H3. The molecule has 2 heterocycles. The van der Waals surface area contributed by atoms with Crippen LogP contribution in [0.2, 0.25) is 0 Å². The maximum Gasteiger partial charge on any atom is 0.311 e. The van der Waals surface area contributed by atoms with Gasteiger partial charge in [-0.2, -0.15) is 0 Å². The second kappa shape index (κ2) is 6.62. The van der Waals surface area contributed by atoms with Gasteiger partial charge in [0.15, 0.2) is 0 Å². The van der Waals surface area contributed by atoms with Crippen LogP contribution in [-0.4, -0.2) is 47.4 Å². The molecule has 1 fully saturated rings. The number of pyridine rings is 1. The van der Waals surface area contributed by atoms with Crippen LogP contribution in [-0.2, 0) is 4.74 Å². The number of ether oxygens (including phenoxy) is 1. The van der Waals surface area contributed by atoms with Crippen molar-refractivity contribution in [3.8, 4) is 0 Å². The maximum absolute atomic E-state index is 11.1. The Bertz CT molecular complexity index is 473. The Morgan fingerprint density at radius 3 is 2.85 bits per heavy atom. The molecule has 1 saturated heterocycles. The third-order valence-corrected chi connectivity index (χ3v) is 3.37. The predicted octanol–water partition coefficient (Wildman–Crippen LogP) is 1.28. The number of piperidine rings is 1. The van der Waals surface area contributed by atoms with Crippen molar-refractivity contribution in [1.82, 2.24) is 4.98 Å². The first-order valence-corrected chi connectivity index (χ1v) is 6.70. The summed E-state index contributed by atoms with van der Waals surface area (Å²) in [6.45, 7) is 3.50. The van der Waals surface area contributed by atoms with Gasteiger partial charge in [-0.1, -0.05) is 0 Å². The van der Waals surface area contributed by atoms with Gasteiger partial charge in [0.25, 0.3) is 0 Å². The molecule has 1 aliphatic rings. The van der Waals surface area contributed by atoms with Crippen molar-refractivity contribution in [2.75, 3.05) is 31.2 Å². The second-order valence-corrected chi connectivity index (χ2v) is 4.89. The molecule has 1 aliphatic heterocycles. The first-order valence-electron chi connectivity index (χ1n) is 6.70. The normalized spacial score (nSPS) is 16.4. The highest BCUT2D eigenvalue weighted by atomic mass is 16.6. The smallest absolute Gasteiger partial charge is 0.311 e. The van der Waals surface area contributed by atoms with Gasteiger partial charge in [-0.05, 0) is 25.3 Å². The lowest BCUT2D eigenvalue weighted by Crippen LogP contribution is -2.38. The molecule has 20 heavy (non-hydrogen) atoms. The summed E-state index contributed by atoms with van der Waals surface area (Å²) in [6, 6.07) is 1.55. The molecular weight excluding hydrogens is 262 g/mol. The maximum atomic E-state index is 11.1. The average molecular weight is 281 g/mol. The minimum atomic E-state index is -0.385. The van der Waals surface area contributed by atoms with Crippen molar-refractivity contribution < 1.29 is 14.8 Å². The van der Waals surface area contributed by atoms with Crippen molar-refractivity contribution in [1.29, 1.82) is 0 Å². The van der Waals surface area contributed by atoms with Crippen molar-refractivity contribution in [3.05, 3.63) is 27.9 Å². The summed E-state index contributed by atoms with van der Waals surface area (Å²) in [4.78, 5) is 16.9. The number of aromatic nitrogens is 1. The van der Waals surface area contributed by atoms with E-state index in [-0.39, 0.29) is 23.3 Å². The molecule has 7 nitrogen and oxygen atoms in total. The van der Waals surface area contributed by atoms with Crippen LogP contribution in [0.5, 0.6) is 0 Å². The van der Waals surface area contributed by atoms with Gasteiger partial charge >= 0.3 is 5.69 Å². The zero-order chi connectivity index (χ0) is 14.5. The van der Waals surface area contributed by atoms with E-state index in [4.69, 9.17) is 9.84 Å². The number of aliphatic hydroxyl groups excluding tert-OH is 1. The third kappa shape index (κ3) is 3.43. The Morgan fingerprint density at radius 1 is 1.55 bits per heavy atom. The van der Waals surface area contributed by atoms with Crippen LogP contribution in [0.1, 0.15) is 18.4 Å². The lowest BCUT2D eigenvalue weighted by atomic mass is 10.1. The summed E-state index contributed by atoms with van der Waals surface area (Å²) in [7, 11) is 0. The van der Waals surface area contributed by atoms with Crippen LogP contribution in [0.25, 0.3) is 0 Å². The fourth-order valence-electron chi connectivity index (χ4n) is 2.38. The summed E-state index contributed by atoms with van der Waals surface area (Å²) in [5, 5.41) is 19.8. The largest absolute Gasteiger partial charge is 0.394 e. The van der Waals surface area contributed by atoms with Crippen molar-refractivity contribution in [3.63, 3.8) is 0 Å². The van der Waals surface area contributed by atoms with Gasteiger partial charge in [-0.25, -0.2) is 4.98 Å². The zero-order valence-corrected chi connectivity index (χ0v) is 11.5. The molecule has 0 aliphatic carbocycles. The van der Waals surface area contributed by atoms with E-state index in [2.05, 4.69) is 4.98 Å². The monoisotopic (exact) mass is 281 g/mol. The van der Waals surface area contributed by atoms with Crippen LogP contribution in [0.4, 0.5) is 11.5 Å². The molecule has 7 heteroatoms. The number of rotatable bonds is 5. The van der Waals surface area contributed by atoms with Gasteiger partial charge in [0, 0.05) is 25.4 Å². The number of nitro groups is 1. The summed E-state index contributed by atoms with van der Waals surface area (Å²) >= 11 is 0. The summed E-state index contributed by atoms with van der Waals surface area (Å²) in [6.07, 6.45) is 3.33. The lowest BCUT2D eigenvalue weighted by Gasteiger charge is -2.32. The molecule has 2 rings (SSSR count). The molecule has 0 saturated carbocycles. The fourth-order valence-corrected chi connectivity index (χ4v) is 2.38. The van der Waals surface area contributed by atoms with Crippen LogP contribution in [0.3, 0.4) is 0 Å². The van der Waals surface area contributed by atoms with Gasteiger partial charge in [-0.3, -0.25) is 10.1 Å². The van der Waals surface area contributed by atoms with E-state index < -0.39 is 0 Å². The van der Waals surface area contributed by atoms with Crippen molar-refractivity contribution in [2.45, 2.75) is 25.9 Å². The first-order chi connectivity index (χ1) is 9.61. The van der Waals surface area contributed by atoms with Crippen molar-refractivity contribution >= 4 is 11.5 Å². The van der Waals surface area contributed by atoms with E-state index in [1.54, 1.807) is 19.2 Å². The van der Waals surface area contributed by atoms with E-state index in [9.17, 15) is 10.1 Å². The van der Waals surface area contributed by atoms with E-state index in [0.717, 1.165) is 18.4 Å². The molecule has 0 aromatic carbocycles. The Hall–Kier alpha value is -1.73. The van der Waals surface area contributed by atoms with Gasteiger partial charge in [0.05, 0.1) is 24.2 Å². The number of hydrogen-bond acceptors (Lipinski definition) is 6. The quantitative estimate of drug-likeness (QED) is 0.646. The molecule has 1 aromatic rings. The Balaban J connectivity index is 2.05. The van der Waals surface area contributed by atoms with E-state index in [1.807, 2.05) is 4.90 Å². The van der Waals surface area contributed by atoms with Crippen LogP contribution >= 0.6 is 0 Å². The predicted molar refractivity (Wildman–Crippen MR) is 73.9 cm³/mol. The minimum Gasteiger partial charge on any atom is -0.394 e. The molecule has 0 atom stereocenters. The minimum absolute atomic E-state index is 0.0191. The lowest BCUT2D eigenvalue weighted by molar-refractivity contribution is -0.384. The molecule has 0 amide bonds. The number of nitrogens with zero attached hydrogens (tertiary/aromatic N) is 3. The Morgan fingerprint density at radius 2 is 2.25 bits per heavy atom. The highest BCUT2D eigenvalue weighted by Gasteiger charge is 2.26. The molecule has 0 bridgehead atoms. The topological polar surface area (TPSA) is 88.7 Å². The molecule has 1 aromatic heterocycles. The van der Waals surface area contributed by atoms with Gasteiger partial charge in [0.2, 0.25) is 5.82 Å². The Labute approximate surface area is 117 Å². The second-order valence-electron chi connectivity index (χ2n) is 4.89. The van der Waals surface area contributed by atoms with E-state index in [0.29, 0.717) is 25.5 Å². The van der Waals surface area contributed by atoms with Crippen LogP contribution in [0, 0.1) is 17.0 Å². The number of aryl methyl sites for hydroxylation is 1. The number of hydrogen-bond donors (Lipinski definition) is 1. The summed E-state index contributed by atoms with van der Waals surface area (Å²) in [5.41, 5.74) is 0.835. The molecular formula is C13H19N3O4. The van der Waals surface area contributed by atoms with Crippen LogP contribution < -0.4 is 4.90 Å². The average Bonchev–Trinajstić information content (AvgIpc) is 2.45. The van der Waals surface area contributed by atoms with E-state index >= 15 is 0 Å².